The highest BCUT2D eigenvalue weighted by atomic mass is 32.2. The van der Waals surface area contributed by atoms with Crippen molar-refractivity contribution in [2.45, 2.75) is 5.03 Å². The zero-order chi connectivity index (χ0) is 7.68. The van der Waals surface area contributed by atoms with Gasteiger partial charge in [0.2, 0.25) is 0 Å². The molecule has 0 aliphatic heterocycles. The first-order valence-electron chi connectivity index (χ1n) is 3.09. The third kappa shape index (κ3) is 1.07. The molecule has 4 nitrogen and oxygen atoms in total. The summed E-state index contributed by atoms with van der Waals surface area (Å²) >= 11 is 1.60. The van der Waals surface area contributed by atoms with E-state index in [9.17, 15) is 0 Å². The molecule has 0 N–H and O–H groups in total. The Morgan fingerprint density at radius 2 is 2.45 bits per heavy atom. The molecule has 0 unspecified atom stereocenters. The van der Waals surface area contributed by atoms with E-state index >= 15 is 0 Å². The van der Waals surface area contributed by atoms with Gasteiger partial charge in [0.15, 0.2) is 5.65 Å². The van der Waals surface area contributed by atoms with Crippen molar-refractivity contribution in [2.24, 2.45) is 0 Å². The first-order valence-corrected chi connectivity index (χ1v) is 4.32. The minimum atomic E-state index is 0.780. The van der Waals surface area contributed by atoms with Gasteiger partial charge in [-0.05, 0) is 6.26 Å². The largest absolute Gasteiger partial charge is 0.285 e. The monoisotopic (exact) mass is 166 g/mol. The molecule has 2 aromatic heterocycles. The molecule has 0 amide bonds. The number of nitrogens with zero attached hydrogens (tertiary/aromatic N) is 4. The zero-order valence-corrected chi connectivity index (χ0v) is 6.75. The van der Waals surface area contributed by atoms with Crippen LogP contribution in [-0.4, -0.2) is 25.8 Å². The van der Waals surface area contributed by atoms with E-state index in [-0.39, 0.29) is 0 Å². The third-order valence-corrected chi connectivity index (χ3v) is 2.00. The van der Waals surface area contributed by atoms with Crippen LogP contribution in [0.2, 0.25) is 0 Å². The number of fused-ring (bicyclic) bond motifs is 1. The standard InChI is InChI=1S/C6H6N4S/c1-11-6-3-10-4-8-9-5(10)2-7-6/h2-4H,1H3. The normalized spacial score (nSPS) is 10.6. The predicted molar refractivity (Wildman–Crippen MR) is 42.6 cm³/mol. The Hall–Kier alpha value is -1.10. The maximum absolute atomic E-state index is 4.14. The van der Waals surface area contributed by atoms with Crippen molar-refractivity contribution >= 4 is 17.4 Å². The van der Waals surface area contributed by atoms with Crippen molar-refractivity contribution in [1.82, 2.24) is 19.6 Å². The summed E-state index contributed by atoms with van der Waals surface area (Å²) in [7, 11) is 0. The molecule has 2 rings (SSSR count). The van der Waals surface area contributed by atoms with Crippen LogP contribution in [0.25, 0.3) is 5.65 Å². The van der Waals surface area contributed by atoms with E-state index in [1.54, 1.807) is 24.3 Å². The first-order chi connectivity index (χ1) is 5.40. The molecule has 0 aromatic carbocycles. The Bertz CT molecular complexity index is 369. The van der Waals surface area contributed by atoms with Crippen LogP contribution in [-0.2, 0) is 0 Å². The summed E-state index contributed by atoms with van der Waals surface area (Å²) in [6, 6.07) is 0. The average Bonchev–Trinajstić information content (AvgIpc) is 2.50. The summed E-state index contributed by atoms with van der Waals surface area (Å²) in [4.78, 5) is 4.14. The van der Waals surface area contributed by atoms with Gasteiger partial charge in [0.1, 0.15) is 11.4 Å². The minimum Gasteiger partial charge on any atom is -0.285 e. The number of thioether (sulfide) groups is 1. The van der Waals surface area contributed by atoms with Gasteiger partial charge in [-0.1, -0.05) is 0 Å². The Morgan fingerprint density at radius 1 is 1.55 bits per heavy atom. The van der Waals surface area contributed by atoms with E-state index in [4.69, 9.17) is 0 Å². The lowest BCUT2D eigenvalue weighted by Crippen LogP contribution is -1.86. The number of hydrogen-bond acceptors (Lipinski definition) is 4. The molecule has 0 radical (unpaired) electrons. The molecule has 0 saturated heterocycles. The minimum absolute atomic E-state index is 0.780. The van der Waals surface area contributed by atoms with Crippen molar-refractivity contribution in [3.05, 3.63) is 18.7 Å². The lowest BCUT2D eigenvalue weighted by Gasteiger charge is -1.94. The summed E-state index contributed by atoms with van der Waals surface area (Å²) in [5.74, 6) is 0. The Morgan fingerprint density at radius 3 is 3.27 bits per heavy atom. The molecule has 56 valence electrons. The fraction of sp³-hybridized carbons (Fsp3) is 0.167. The average molecular weight is 166 g/mol. The van der Waals surface area contributed by atoms with Gasteiger partial charge in [-0.25, -0.2) is 4.98 Å². The molecule has 0 aliphatic carbocycles. The van der Waals surface area contributed by atoms with Crippen molar-refractivity contribution in [3.63, 3.8) is 0 Å². The van der Waals surface area contributed by atoms with E-state index in [0.717, 1.165) is 10.7 Å². The van der Waals surface area contributed by atoms with Gasteiger partial charge in [0.25, 0.3) is 0 Å². The predicted octanol–water partition coefficient (Wildman–Crippen LogP) is 0.846. The van der Waals surface area contributed by atoms with E-state index in [0.29, 0.717) is 0 Å². The molecule has 0 atom stereocenters. The zero-order valence-electron chi connectivity index (χ0n) is 5.93. The Labute approximate surface area is 67.7 Å². The summed E-state index contributed by atoms with van der Waals surface area (Å²) in [6.07, 6.45) is 7.26. The summed E-state index contributed by atoms with van der Waals surface area (Å²) in [5.41, 5.74) is 0.780. The molecule has 5 heteroatoms. The number of hydrogen-bond donors (Lipinski definition) is 0. The fourth-order valence-corrected chi connectivity index (χ4v) is 1.20. The molecular formula is C6H6N4S. The van der Waals surface area contributed by atoms with Crippen LogP contribution in [0, 0.1) is 0 Å². The fourth-order valence-electron chi connectivity index (χ4n) is 0.822. The van der Waals surface area contributed by atoms with Gasteiger partial charge in [0, 0.05) is 6.20 Å². The smallest absolute Gasteiger partial charge is 0.179 e. The SMILES string of the molecule is CSc1cn2cnnc2cn1. The number of aromatic nitrogens is 4. The van der Waals surface area contributed by atoms with E-state index in [1.807, 2.05) is 16.9 Å². The molecule has 0 bridgehead atoms. The van der Waals surface area contributed by atoms with Crippen molar-refractivity contribution in [3.8, 4) is 0 Å². The lowest BCUT2D eigenvalue weighted by molar-refractivity contribution is 1.02. The third-order valence-electron chi connectivity index (χ3n) is 1.37. The summed E-state index contributed by atoms with van der Waals surface area (Å²) in [5, 5.41) is 8.55. The molecule has 2 heterocycles. The maximum Gasteiger partial charge on any atom is 0.179 e. The lowest BCUT2D eigenvalue weighted by atomic mass is 10.7. The maximum atomic E-state index is 4.14. The van der Waals surface area contributed by atoms with Gasteiger partial charge in [-0.15, -0.1) is 22.0 Å². The van der Waals surface area contributed by atoms with E-state index in [1.165, 1.54) is 0 Å². The highest BCUT2D eigenvalue weighted by molar-refractivity contribution is 7.98. The molecule has 0 fully saturated rings. The van der Waals surface area contributed by atoms with Gasteiger partial charge < -0.3 is 0 Å². The van der Waals surface area contributed by atoms with Crippen molar-refractivity contribution in [1.29, 1.82) is 0 Å². The molecule has 0 aliphatic rings. The second-order valence-electron chi connectivity index (χ2n) is 2.03. The summed E-state index contributed by atoms with van der Waals surface area (Å²) < 4.78 is 1.85. The highest BCUT2D eigenvalue weighted by Gasteiger charge is 1.95. The second-order valence-corrected chi connectivity index (χ2v) is 2.85. The van der Waals surface area contributed by atoms with Crippen LogP contribution in [0.15, 0.2) is 23.7 Å². The van der Waals surface area contributed by atoms with Crippen LogP contribution in [0.4, 0.5) is 0 Å². The van der Waals surface area contributed by atoms with Gasteiger partial charge in [-0.3, -0.25) is 4.40 Å². The van der Waals surface area contributed by atoms with Crippen LogP contribution < -0.4 is 0 Å². The van der Waals surface area contributed by atoms with Gasteiger partial charge in [-0.2, -0.15) is 0 Å². The molecule has 2 aromatic rings. The first kappa shape index (κ1) is 6.60. The Kier molecular flexibility index (Phi) is 1.50. The van der Waals surface area contributed by atoms with E-state index in [2.05, 4.69) is 15.2 Å². The molecule has 0 spiro atoms. The van der Waals surface area contributed by atoms with Crippen molar-refractivity contribution < 1.29 is 0 Å². The topological polar surface area (TPSA) is 43.1 Å². The van der Waals surface area contributed by atoms with Crippen LogP contribution in [0.5, 0.6) is 0 Å². The van der Waals surface area contributed by atoms with Gasteiger partial charge in [0.05, 0.1) is 6.20 Å². The van der Waals surface area contributed by atoms with Crippen LogP contribution in [0.3, 0.4) is 0 Å². The number of rotatable bonds is 1. The quantitative estimate of drug-likeness (QED) is 0.589. The molecule has 11 heavy (non-hydrogen) atoms. The highest BCUT2D eigenvalue weighted by Crippen LogP contribution is 2.09. The molecule has 0 saturated carbocycles. The summed E-state index contributed by atoms with van der Waals surface area (Å²) in [6.45, 7) is 0. The van der Waals surface area contributed by atoms with Crippen LogP contribution in [0.1, 0.15) is 0 Å². The van der Waals surface area contributed by atoms with E-state index < -0.39 is 0 Å². The van der Waals surface area contributed by atoms with Gasteiger partial charge >= 0.3 is 0 Å². The van der Waals surface area contributed by atoms with Crippen molar-refractivity contribution in [2.75, 3.05) is 6.26 Å². The molecular weight excluding hydrogens is 160 g/mol. The Balaban J connectivity index is 2.67. The van der Waals surface area contributed by atoms with Crippen LogP contribution >= 0.6 is 11.8 Å². The second kappa shape index (κ2) is 2.50.